The van der Waals surface area contributed by atoms with Crippen molar-refractivity contribution < 1.29 is 27.4 Å². The Morgan fingerprint density at radius 1 is 1.21 bits per heavy atom. The first-order valence-electron chi connectivity index (χ1n) is 8.30. The highest BCUT2D eigenvalue weighted by Gasteiger charge is 2.26. The van der Waals surface area contributed by atoms with Crippen LogP contribution in [-0.2, 0) is 16.1 Å². The van der Waals surface area contributed by atoms with Crippen LogP contribution in [0.25, 0.3) is 11.3 Å². The molecule has 0 bridgehead atoms. The van der Waals surface area contributed by atoms with Gasteiger partial charge in [0.15, 0.2) is 0 Å². The summed E-state index contributed by atoms with van der Waals surface area (Å²) in [6.45, 7) is 3.27. The molecule has 0 spiro atoms. The number of pyridine rings is 1. The fraction of sp³-hybridized carbons (Fsp3) is 0.333. The van der Waals surface area contributed by atoms with Gasteiger partial charge in [0.2, 0.25) is 0 Å². The Balaban J connectivity index is 1.91. The van der Waals surface area contributed by atoms with E-state index in [2.05, 4.69) is 21.5 Å². The second kappa shape index (κ2) is 9.67. The van der Waals surface area contributed by atoms with Crippen LogP contribution in [0.3, 0.4) is 0 Å². The fourth-order valence-electron chi connectivity index (χ4n) is 2.07. The molecule has 0 aliphatic rings. The Labute approximate surface area is 159 Å². The molecule has 2 N–H and O–H groups in total. The van der Waals surface area contributed by atoms with Crippen LogP contribution in [0.4, 0.5) is 13.2 Å². The third kappa shape index (κ3) is 7.60. The fourth-order valence-corrected chi connectivity index (χ4v) is 2.07. The van der Waals surface area contributed by atoms with Crippen molar-refractivity contribution in [1.82, 2.24) is 15.0 Å². The maximum absolute atomic E-state index is 12.1. The van der Waals surface area contributed by atoms with Crippen molar-refractivity contribution in [2.45, 2.75) is 32.0 Å². The van der Waals surface area contributed by atoms with Crippen LogP contribution in [-0.4, -0.2) is 33.7 Å². The lowest BCUT2D eigenvalue weighted by Gasteiger charge is -2.08. The minimum Gasteiger partial charge on any atom is -0.463 e. The molecule has 150 valence electrons. The van der Waals surface area contributed by atoms with Crippen molar-refractivity contribution in [2.24, 2.45) is 5.73 Å². The number of nitrogens with two attached hydrogens (primary N) is 1. The first-order chi connectivity index (χ1) is 13.2. The summed E-state index contributed by atoms with van der Waals surface area (Å²) in [5.74, 6) is -0.505. The molecule has 2 rings (SSSR count). The Kier molecular flexibility index (Phi) is 7.30. The molecular formula is C18H19F3N4O3. The van der Waals surface area contributed by atoms with Gasteiger partial charge < -0.3 is 15.2 Å². The smallest absolute Gasteiger partial charge is 0.389 e. The Morgan fingerprint density at radius 3 is 2.57 bits per heavy atom. The molecule has 2 aromatic rings. The van der Waals surface area contributed by atoms with Gasteiger partial charge in [-0.15, -0.1) is 0 Å². The summed E-state index contributed by atoms with van der Waals surface area (Å²) in [4.78, 5) is 23.8. The Bertz CT molecular complexity index is 810. The van der Waals surface area contributed by atoms with E-state index in [4.69, 9.17) is 15.2 Å². The number of ether oxygens (including phenoxy) is 2. The van der Waals surface area contributed by atoms with E-state index in [-0.39, 0.29) is 37.8 Å². The molecule has 0 radical (unpaired) electrons. The number of hydrogen-bond donors (Lipinski definition) is 1. The van der Waals surface area contributed by atoms with Crippen LogP contribution in [0.5, 0.6) is 6.01 Å². The van der Waals surface area contributed by atoms with E-state index < -0.39 is 18.6 Å². The maximum Gasteiger partial charge on any atom is 0.389 e. The van der Waals surface area contributed by atoms with E-state index in [0.717, 1.165) is 0 Å². The SMILES string of the molecule is C=C(N)CC(=O)OCc1cccc(-c2cnc(OCCCC(F)(F)F)nc2)n1. The van der Waals surface area contributed by atoms with Gasteiger partial charge in [-0.3, -0.25) is 4.79 Å². The van der Waals surface area contributed by atoms with Crippen LogP contribution >= 0.6 is 0 Å². The summed E-state index contributed by atoms with van der Waals surface area (Å²) in [5.41, 5.74) is 7.19. The van der Waals surface area contributed by atoms with Gasteiger partial charge in [0.1, 0.15) is 6.61 Å². The molecule has 0 aromatic carbocycles. The van der Waals surface area contributed by atoms with Gasteiger partial charge in [-0.25, -0.2) is 15.0 Å². The van der Waals surface area contributed by atoms with Crippen LogP contribution in [0.1, 0.15) is 25.0 Å². The highest BCUT2D eigenvalue weighted by atomic mass is 19.4. The van der Waals surface area contributed by atoms with Crippen molar-refractivity contribution in [1.29, 1.82) is 0 Å². The summed E-state index contributed by atoms with van der Waals surface area (Å²) < 4.78 is 46.4. The van der Waals surface area contributed by atoms with E-state index in [9.17, 15) is 18.0 Å². The first kappa shape index (κ1) is 21.1. The summed E-state index contributed by atoms with van der Waals surface area (Å²) in [6.07, 6.45) is -2.49. The average molecular weight is 396 g/mol. The predicted molar refractivity (Wildman–Crippen MR) is 93.8 cm³/mol. The lowest BCUT2D eigenvalue weighted by molar-refractivity contribution is -0.144. The van der Waals surface area contributed by atoms with Crippen molar-refractivity contribution >= 4 is 5.97 Å². The van der Waals surface area contributed by atoms with Crippen LogP contribution in [0.15, 0.2) is 42.9 Å². The topological polar surface area (TPSA) is 100 Å². The Morgan fingerprint density at radius 2 is 1.93 bits per heavy atom. The number of esters is 1. The number of aromatic nitrogens is 3. The van der Waals surface area contributed by atoms with Crippen molar-refractivity contribution in [3.05, 3.63) is 48.6 Å². The first-order valence-corrected chi connectivity index (χ1v) is 8.30. The normalized spacial score (nSPS) is 11.1. The number of rotatable bonds is 9. The number of alkyl halides is 3. The zero-order valence-electron chi connectivity index (χ0n) is 14.9. The predicted octanol–water partition coefficient (Wildman–Crippen LogP) is 3.17. The van der Waals surface area contributed by atoms with E-state index in [0.29, 0.717) is 17.0 Å². The molecule has 0 aliphatic heterocycles. The van der Waals surface area contributed by atoms with Crippen LogP contribution in [0.2, 0.25) is 0 Å². The molecule has 0 saturated carbocycles. The van der Waals surface area contributed by atoms with E-state index in [1.165, 1.54) is 12.4 Å². The molecule has 0 atom stereocenters. The maximum atomic E-state index is 12.1. The quantitative estimate of drug-likeness (QED) is 0.513. The van der Waals surface area contributed by atoms with Crippen molar-refractivity contribution in [3.63, 3.8) is 0 Å². The number of hydrogen-bond acceptors (Lipinski definition) is 7. The van der Waals surface area contributed by atoms with E-state index >= 15 is 0 Å². The molecular weight excluding hydrogens is 377 g/mol. The highest BCUT2D eigenvalue weighted by Crippen LogP contribution is 2.21. The van der Waals surface area contributed by atoms with Crippen LogP contribution < -0.4 is 10.5 Å². The molecule has 0 saturated heterocycles. The standard InChI is InChI=1S/C18H19F3N4O3/c1-12(22)8-16(26)28-11-14-4-2-5-15(25-14)13-9-23-17(24-10-13)27-7-3-6-18(19,20)21/h2,4-5,9-10H,1,3,6-8,11,22H2. The van der Waals surface area contributed by atoms with Crippen LogP contribution in [0, 0.1) is 0 Å². The van der Waals surface area contributed by atoms with Gasteiger partial charge in [0, 0.05) is 30.1 Å². The molecule has 0 aliphatic carbocycles. The summed E-state index contributed by atoms with van der Waals surface area (Å²) in [5, 5.41) is 0. The number of halogens is 3. The molecule has 0 fully saturated rings. The highest BCUT2D eigenvalue weighted by molar-refractivity contribution is 5.72. The minimum atomic E-state index is -4.21. The van der Waals surface area contributed by atoms with E-state index in [1.54, 1.807) is 18.2 Å². The van der Waals surface area contributed by atoms with Gasteiger partial charge in [0.05, 0.1) is 24.4 Å². The second-order valence-electron chi connectivity index (χ2n) is 5.83. The van der Waals surface area contributed by atoms with Gasteiger partial charge in [0.25, 0.3) is 0 Å². The lowest BCUT2D eigenvalue weighted by atomic mass is 10.2. The van der Waals surface area contributed by atoms with Gasteiger partial charge in [-0.1, -0.05) is 12.6 Å². The molecule has 2 aromatic heterocycles. The van der Waals surface area contributed by atoms with Gasteiger partial charge in [-0.2, -0.15) is 13.2 Å². The number of nitrogens with zero attached hydrogens (tertiary/aromatic N) is 3. The van der Waals surface area contributed by atoms with Crippen molar-refractivity contribution in [3.8, 4) is 17.3 Å². The molecule has 10 heteroatoms. The Hall–Kier alpha value is -3.17. The summed E-state index contributed by atoms with van der Waals surface area (Å²) in [6, 6.07) is 5.12. The third-order valence-electron chi connectivity index (χ3n) is 3.32. The zero-order chi connectivity index (χ0) is 20.6. The zero-order valence-corrected chi connectivity index (χ0v) is 14.9. The number of carbonyl (C=O) groups excluding carboxylic acids is 1. The molecule has 28 heavy (non-hydrogen) atoms. The summed E-state index contributed by atoms with van der Waals surface area (Å²) in [7, 11) is 0. The largest absolute Gasteiger partial charge is 0.463 e. The van der Waals surface area contributed by atoms with Crippen molar-refractivity contribution in [2.75, 3.05) is 6.61 Å². The lowest BCUT2D eigenvalue weighted by Crippen LogP contribution is -2.10. The van der Waals surface area contributed by atoms with E-state index in [1.807, 2.05) is 0 Å². The van der Waals surface area contributed by atoms with Gasteiger partial charge in [-0.05, 0) is 18.6 Å². The molecule has 2 heterocycles. The molecule has 0 amide bonds. The second-order valence-corrected chi connectivity index (χ2v) is 5.83. The monoisotopic (exact) mass is 396 g/mol. The molecule has 0 unspecified atom stereocenters. The molecule has 7 nitrogen and oxygen atoms in total. The number of carbonyl (C=O) groups is 1. The average Bonchev–Trinajstić information content (AvgIpc) is 2.63. The minimum absolute atomic E-state index is 0.0157. The van der Waals surface area contributed by atoms with Gasteiger partial charge >= 0.3 is 18.2 Å². The third-order valence-corrected chi connectivity index (χ3v) is 3.32. The summed E-state index contributed by atoms with van der Waals surface area (Å²) >= 11 is 0.